The molecule has 0 aromatic heterocycles. The van der Waals surface area contributed by atoms with Crippen LogP contribution in [-0.2, 0) is 18.8 Å². The quantitative estimate of drug-likeness (QED) is 0.697. The van der Waals surface area contributed by atoms with Gasteiger partial charge in [0.05, 0.1) is 36.6 Å². The Morgan fingerprint density at radius 3 is 2.33 bits per heavy atom. The molecule has 118 valence electrons. The van der Waals surface area contributed by atoms with Crippen molar-refractivity contribution in [2.75, 3.05) is 19.8 Å². The summed E-state index contributed by atoms with van der Waals surface area (Å²) < 4.78 is 24.0. The Labute approximate surface area is 128 Å². The monoisotopic (exact) mass is 294 g/mol. The summed E-state index contributed by atoms with van der Waals surface area (Å²) in [5.41, 5.74) is 0.625. The lowest BCUT2D eigenvalue weighted by Gasteiger charge is -2.36. The molecule has 3 aliphatic rings. The predicted octanol–water partition coefficient (Wildman–Crippen LogP) is 2.90. The molecule has 5 heteroatoms. The number of allylic oxidation sites excluding steroid dienone is 2. The van der Waals surface area contributed by atoms with Crippen LogP contribution in [0.15, 0.2) is 11.5 Å². The predicted molar refractivity (Wildman–Crippen MR) is 82.1 cm³/mol. The Morgan fingerprint density at radius 1 is 1.00 bits per heavy atom. The first-order chi connectivity index (χ1) is 9.84. The van der Waals surface area contributed by atoms with E-state index in [1.807, 2.05) is 0 Å². The molecule has 1 unspecified atom stereocenters. The third-order valence-corrected chi connectivity index (χ3v) is 5.43. The van der Waals surface area contributed by atoms with Crippen LogP contribution in [-0.4, -0.2) is 43.7 Å². The first-order valence-corrected chi connectivity index (χ1v) is 8.10. The second-order valence-electron chi connectivity index (χ2n) is 7.49. The molecule has 0 aromatic carbocycles. The fraction of sp³-hybridized carbons (Fsp3) is 0.875. The lowest BCUT2D eigenvalue weighted by Crippen LogP contribution is -2.43. The first-order valence-electron chi connectivity index (χ1n) is 8.10. The van der Waals surface area contributed by atoms with E-state index in [0.29, 0.717) is 6.61 Å². The zero-order valence-corrected chi connectivity index (χ0v) is 13.7. The van der Waals surface area contributed by atoms with Gasteiger partial charge in [-0.15, -0.1) is 0 Å². The third-order valence-electron chi connectivity index (χ3n) is 5.43. The average molecular weight is 294 g/mol. The number of ether oxygens (including phenoxy) is 2. The summed E-state index contributed by atoms with van der Waals surface area (Å²) >= 11 is 0. The molecular weight excluding hydrogens is 267 g/mol. The van der Waals surface area contributed by atoms with E-state index in [0.717, 1.165) is 38.9 Å². The highest BCUT2D eigenvalue weighted by Gasteiger charge is 2.52. The van der Waals surface area contributed by atoms with Crippen LogP contribution in [0.4, 0.5) is 0 Å². The standard InChI is InChI=1S/C16H27BO4/c1-14(2)15(3,4)21-17(20-14)13-6-5-8-16(9-7-13)12-18-10-11-19-16/h6H,5,7-12H2,1-4H3. The molecule has 2 aliphatic heterocycles. The second-order valence-corrected chi connectivity index (χ2v) is 7.49. The zero-order valence-electron chi connectivity index (χ0n) is 13.7. The van der Waals surface area contributed by atoms with E-state index < -0.39 is 0 Å². The van der Waals surface area contributed by atoms with Gasteiger partial charge >= 0.3 is 7.12 Å². The van der Waals surface area contributed by atoms with E-state index in [1.54, 1.807) is 0 Å². The van der Waals surface area contributed by atoms with E-state index in [4.69, 9.17) is 18.8 Å². The Balaban J connectivity index is 1.67. The fourth-order valence-electron chi connectivity index (χ4n) is 3.23. The normalized spacial score (nSPS) is 35.6. The van der Waals surface area contributed by atoms with Gasteiger partial charge in [0.1, 0.15) is 0 Å². The molecule has 1 atom stereocenters. The van der Waals surface area contributed by atoms with Crippen molar-refractivity contribution in [3.63, 3.8) is 0 Å². The van der Waals surface area contributed by atoms with Crippen molar-refractivity contribution in [3.8, 4) is 0 Å². The van der Waals surface area contributed by atoms with E-state index in [-0.39, 0.29) is 23.9 Å². The Kier molecular flexibility index (Phi) is 3.98. The Hall–Kier alpha value is -0.355. The maximum Gasteiger partial charge on any atom is 0.490 e. The molecule has 3 rings (SSSR count). The zero-order chi connectivity index (χ0) is 15.1. The van der Waals surface area contributed by atoms with Crippen LogP contribution in [0.3, 0.4) is 0 Å². The van der Waals surface area contributed by atoms with Crippen molar-refractivity contribution in [1.29, 1.82) is 0 Å². The number of hydrogen-bond acceptors (Lipinski definition) is 4. The molecule has 0 aromatic rings. The molecule has 4 nitrogen and oxygen atoms in total. The average Bonchev–Trinajstić information content (AvgIpc) is 2.56. The highest BCUT2D eigenvalue weighted by molar-refractivity contribution is 6.54. The number of rotatable bonds is 1. The summed E-state index contributed by atoms with van der Waals surface area (Å²) in [6, 6.07) is 0. The summed E-state index contributed by atoms with van der Waals surface area (Å²) in [5, 5.41) is 0. The Bertz CT molecular complexity index is 408. The van der Waals surface area contributed by atoms with Crippen molar-refractivity contribution >= 4 is 7.12 Å². The van der Waals surface area contributed by atoms with Crippen molar-refractivity contribution in [3.05, 3.63) is 11.5 Å². The molecule has 2 heterocycles. The van der Waals surface area contributed by atoms with Gasteiger partial charge < -0.3 is 18.8 Å². The van der Waals surface area contributed by atoms with Gasteiger partial charge in [0.25, 0.3) is 0 Å². The maximum atomic E-state index is 6.17. The molecule has 0 saturated carbocycles. The largest absolute Gasteiger partial charge is 0.490 e. The van der Waals surface area contributed by atoms with E-state index in [1.165, 1.54) is 5.47 Å². The van der Waals surface area contributed by atoms with Gasteiger partial charge in [-0.1, -0.05) is 6.08 Å². The van der Waals surface area contributed by atoms with Crippen LogP contribution in [0.5, 0.6) is 0 Å². The van der Waals surface area contributed by atoms with Gasteiger partial charge in [-0.25, -0.2) is 0 Å². The van der Waals surface area contributed by atoms with Crippen LogP contribution < -0.4 is 0 Å². The van der Waals surface area contributed by atoms with Crippen molar-refractivity contribution in [2.45, 2.75) is 70.2 Å². The van der Waals surface area contributed by atoms with Gasteiger partial charge in [0.2, 0.25) is 0 Å². The summed E-state index contributed by atoms with van der Waals surface area (Å²) in [6.45, 7) is 10.6. The molecule has 1 aliphatic carbocycles. The molecule has 1 spiro atoms. The van der Waals surface area contributed by atoms with Crippen molar-refractivity contribution in [2.24, 2.45) is 0 Å². The van der Waals surface area contributed by atoms with Crippen LogP contribution in [0.2, 0.25) is 0 Å². The summed E-state index contributed by atoms with van der Waals surface area (Å²) in [7, 11) is -0.213. The minimum atomic E-state index is -0.271. The van der Waals surface area contributed by atoms with Gasteiger partial charge in [0.15, 0.2) is 0 Å². The second kappa shape index (κ2) is 5.37. The van der Waals surface area contributed by atoms with Crippen LogP contribution in [0, 0.1) is 0 Å². The first kappa shape index (κ1) is 15.5. The highest BCUT2D eigenvalue weighted by atomic mass is 16.7. The minimum Gasteiger partial charge on any atom is -0.400 e. The highest BCUT2D eigenvalue weighted by Crippen LogP contribution is 2.41. The molecule has 2 saturated heterocycles. The topological polar surface area (TPSA) is 36.9 Å². The summed E-state index contributed by atoms with van der Waals surface area (Å²) in [5.74, 6) is 0. The van der Waals surface area contributed by atoms with Crippen LogP contribution in [0.25, 0.3) is 0 Å². The molecule has 21 heavy (non-hydrogen) atoms. The SMILES string of the molecule is CC1(C)OB(C2=CCCC3(CC2)COCCO3)OC1(C)C. The molecular formula is C16H27BO4. The van der Waals surface area contributed by atoms with Crippen molar-refractivity contribution in [1.82, 2.24) is 0 Å². The smallest absolute Gasteiger partial charge is 0.400 e. The molecule has 0 bridgehead atoms. The molecule has 2 fully saturated rings. The minimum absolute atomic E-state index is 0.0971. The lowest BCUT2D eigenvalue weighted by molar-refractivity contribution is -0.162. The Morgan fingerprint density at radius 2 is 1.71 bits per heavy atom. The number of hydrogen-bond donors (Lipinski definition) is 0. The summed E-state index contributed by atoms with van der Waals surface area (Å²) in [6.07, 6.45) is 6.26. The van der Waals surface area contributed by atoms with Gasteiger partial charge in [-0.3, -0.25) is 0 Å². The molecule has 0 radical (unpaired) electrons. The van der Waals surface area contributed by atoms with E-state index in [2.05, 4.69) is 33.8 Å². The van der Waals surface area contributed by atoms with Gasteiger partial charge in [-0.2, -0.15) is 0 Å². The third kappa shape index (κ3) is 2.94. The van der Waals surface area contributed by atoms with E-state index >= 15 is 0 Å². The van der Waals surface area contributed by atoms with Gasteiger partial charge in [-0.05, 0) is 58.9 Å². The fourth-order valence-corrected chi connectivity index (χ4v) is 3.23. The van der Waals surface area contributed by atoms with E-state index in [9.17, 15) is 0 Å². The van der Waals surface area contributed by atoms with Crippen molar-refractivity contribution < 1.29 is 18.8 Å². The summed E-state index contributed by atoms with van der Waals surface area (Å²) in [4.78, 5) is 0. The maximum absolute atomic E-state index is 6.17. The van der Waals surface area contributed by atoms with Crippen LogP contribution in [0.1, 0.15) is 53.4 Å². The molecule has 0 amide bonds. The van der Waals surface area contributed by atoms with Crippen LogP contribution >= 0.6 is 0 Å². The van der Waals surface area contributed by atoms with Gasteiger partial charge in [0, 0.05) is 0 Å². The molecule has 0 N–H and O–H groups in total. The lowest BCUT2D eigenvalue weighted by atomic mass is 9.75.